The molecule has 0 atom stereocenters. The molecule has 0 saturated carbocycles. The van der Waals surface area contributed by atoms with Gasteiger partial charge in [0.25, 0.3) is 10.0 Å². The number of nitrogens with zero attached hydrogens (tertiary/aromatic N) is 2. The van der Waals surface area contributed by atoms with E-state index in [4.69, 9.17) is 5.26 Å². The number of hydrogen-bond acceptors (Lipinski definition) is 6. The Bertz CT molecular complexity index is 1100. The largest absolute Gasteiger partial charge is 0.280 e. The van der Waals surface area contributed by atoms with E-state index in [-0.39, 0.29) is 28.4 Å². The van der Waals surface area contributed by atoms with E-state index in [1.54, 1.807) is 0 Å². The number of carbonyl (C=O) groups is 1. The second kappa shape index (κ2) is 6.44. The van der Waals surface area contributed by atoms with Gasteiger partial charge in [-0.1, -0.05) is 0 Å². The predicted molar refractivity (Wildman–Crippen MR) is 94.3 cm³/mol. The summed E-state index contributed by atoms with van der Waals surface area (Å²) in [4.78, 5) is 11.7. The Labute approximate surface area is 150 Å². The van der Waals surface area contributed by atoms with Gasteiger partial charge in [-0.25, -0.2) is 21.1 Å². The van der Waals surface area contributed by atoms with Crippen molar-refractivity contribution in [1.29, 1.82) is 5.26 Å². The molecule has 134 valence electrons. The van der Waals surface area contributed by atoms with Gasteiger partial charge in [0, 0.05) is 12.1 Å². The van der Waals surface area contributed by atoms with Gasteiger partial charge in [0.2, 0.25) is 15.9 Å². The van der Waals surface area contributed by atoms with Gasteiger partial charge in [0.1, 0.15) is 0 Å². The number of rotatable bonds is 4. The maximum atomic E-state index is 12.4. The molecule has 10 heteroatoms. The molecule has 3 rings (SSSR count). The fraction of sp³-hybridized carbons (Fsp3) is 0.125. The minimum Gasteiger partial charge on any atom is -0.280 e. The van der Waals surface area contributed by atoms with E-state index in [0.29, 0.717) is 9.87 Å². The fourth-order valence-electron chi connectivity index (χ4n) is 2.46. The Morgan fingerprint density at radius 2 is 1.65 bits per heavy atom. The van der Waals surface area contributed by atoms with Gasteiger partial charge >= 0.3 is 0 Å². The molecule has 1 heterocycles. The summed E-state index contributed by atoms with van der Waals surface area (Å²) in [7, 11) is -7.60. The van der Waals surface area contributed by atoms with Crippen LogP contribution in [0.4, 0.5) is 11.4 Å². The Morgan fingerprint density at radius 1 is 1.04 bits per heavy atom. The first-order chi connectivity index (χ1) is 12.2. The molecule has 1 aliphatic heterocycles. The average molecular weight is 391 g/mol. The van der Waals surface area contributed by atoms with E-state index in [1.807, 2.05) is 6.07 Å². The number of anilines is 2. The van der Waals surface area contributed by atoms with Crippen molar-refractivity contribution in [2.45, 2.75) is 11.3 Å². The quantitative estimate of drug-likeness (QED) is 0.840. The van der Waals surface area contributed by atoms with Gasteiger partial charge in [-0.2, -0.15) is 5.26 Å². The van der Waals surface area contributed by atoms with Gasteiger partial charge in [-0.05, 0) is 48.5 Å². The third kappa shape index (κ3) is 3.40. The first-order valence-electron chi connectivity index (χ1n) is 7.42. The minimum atomic E-state index is -3.90. The Kier molecular flexibility index (Phi) is 4.43. The number of benzene rings is 2. The van der Waals surface area contributed by atoms with Crippen LogP contribution in [-0.4, -0.2) is 28.5 Å². The lowest BCUT2D eigenvalue weighted by molar-refractivity contribution is -0.116. The lowest BCUT2D eigenvalue weighted by Crippen LogP contribution is -2.29. The highest BCUT2D eigenvalue weighted by Crippen LogP contribution is 2.26. The lowest BCUT2D eigenvalue weighted by atomic mass is 10.2. The van der Waals surface area contributed by atoms with Crippen molar-refractivity contribution in [3.05, 3.63) is 54.1 Å². The third-order valence-electron chi connectivity index (χ3n) is 3.73. The van der Waals surface area contributed by atoms with Crippen LogP contribution < -0.4 is 9.03 Å². The van der Waals surface area contributed by atoms with Crippen molar-refractivity contribution in [2.75, 3.05) is 14.8 Å². The summed E-state index contributed by atoms with van der Waals surface area (Å²) in [6.45, 7) is 0. The molecule has 0 unspecified atom stereocenters. The first-order valence-corrected chi connectivity index (χ1v) is 10.5. The zero-order chi connectivity index (χ0) is 18.9. The summed E-state index contributed by atoms with van der Waals surface area (Å²) in [6, 6.07) is 12.8. The second-order valence-electron chi connectivity index (χ2n) is 5.51. The van der Waals surface area contributed by atoms with Gasteiger partial charge in [-0.15, -0.1) is 0 Å². The number of sulfonamides is 2. The van der Waals surface area contributed by atoms with Crippen molar-refractivity contribution in [1.82, 2.24) is 0 Å². The smallest absolute Gasteiger partial charge is 0.261 e. The molecular weight excluding hydrogens is 378 g/mol. The van der Waals surface area contributed by atoms with Crippen molar-refractivity contribution >= 4 is 37.3 Å². The summed E-state index contributed by atoms with van der Waals surface area (Å²) in [5.74, 6) is -0.803. The molecule has 0 spiro atoms. The van der Waals surface area contributed by atoms with E-state index in [1.165, 1.54) is 48.5 Å². The molecule has 8 nitrogen and oxygen atoms in total. The highest BCUT2D eigenvalue weighted by atomic mass is 32.2. The molecule has 1 aliphatic rings. The predicted octanol–water partition coefficient (Wildman–Crippen LogP) is 1.43. The average Bonchev–Trinajstić information content (AvgIpc) is 2.88. The van der Waals surface area contributed by atoms with Gasteiger partial charge < -0.3 is 0 Å². The molecule has 0 bridgehead atoms. The van der Waals surface area contributed by atoms with Gasteiger partial charge in [-0.3, -0.25) is 9.52 Å². The molecule has 0 radical (unpaired) electrons. The highest BCUT2D eigenvalue weighted by Gasteiger charge is 2.36. The molecule has 0 aromatic heterocycles. The maximum absolute atomic E-state index is 12.4. The number of nitrogens with one attached hydrogen (secondary N) is 1. The number of amides is 1. The summed E-state index contributed by atoms with van der Waals surface area (Å²) >= 11 is 0. The van der Waals surface area contributed by atoms with Crippen LogP contribution in [0, 0.1) is 11.3 Å². The lowest BCUT2D eigenvalue weighted by Gasteiger charge is -2.15. The number of hydrogen-bond donors (Lipinski definition) is 1. The standard InChI is InChI=1S/C16H13N3O5S2/c17-11-12-1-3-13(4-2-12)18-26(23,24)15-7-5-14(6-8-15)19-16(20)9-10-25(19,21)22/h1-8,18H,9-10H2. The monoisotopic (exact) mass is 391 g/mol. The zero-order valence-corrected chi connectivity index (χ0v) is 14.9. The summed E-state index contributed by atoms with van der Waals surface area (Å²) in [6.07, 6.45) is -0.0946. The van der Waals surface area contributed by atoms with E-state index in [0.717, 1.165) is 0 Å². The van der Waals surface area contributed by atoms with Gasteiger partial charge in [0.05, 0.1) is 28.0 Å². The minimum absolute atomic E-state index is 0.0883. The topological polar surface area (TPSA) is 124 Å². The fourth-order valence-corrected chi connectivity index (χ4v) is 4.97. The Balaban J connectivity index is 1.85. The Hall–Kier alpha value is -2.90. The first kappa shape index (κ1) is 17.9. The van der Waals surface area contributed by atoms with Crippen molar-refractivity contribution in [2.24, 2.45) is 0 Å². The molecule has 2 aromatic carbocycles. The van der Waals surface area contributed by atoms with Crippen LogP contribution in [0.1, 0.15) is 12.0 Å². The van der Waals surface area contributed by atoms with E-state index < -0.39 is 26.0 Å². The number of carbonyl (C=O) groups excluding carboxylic acids is 1. The van der Waals surface area contributed by atoms with Crippen molar-refractivity contribution < 1.29 is 21.6 Å². The third-order valence-corrected chi connectivity index (χ3v) is 6.81. The zero-order valence-electron chi connectivity index (χ0n) is 13.3. The van der Waals surface area contributed by atoms with E-state index in [9.17, 15) is 21.6 Å². The van der Waals surface area contributed by atoms with Crippen LogP contribution in [0.3, 0.4) is 0 Å². The van der Waals surface area contributed by atoms with Crippen LogP contribution >= 0.6 is 0 Å². The van der Waals surface area contributed by atoms with Crippen molar-refractivity contribution in [3.63, 3.8) is 0 Å². The maximum Gasteiger partial charge on any atom is 0.261 e. The van der Waals surface area contributed by atoms with Crippen LogP contribution in [0.25, 0.3) is 0 Å². The SMILES string of the molecule is N#Cc1ccc(NS(=O)(=O)c2ccc(N3C(=O)CCS3(=O)=O)cc2)cc1. The van der Waals surface area contributed by atoms with Crippen LogP contribution in [0.15, 0.2) is 53.4 Å². The molecule has 1 fully saturated rings. The number of nitriles is 1. The Morgan fingerprint density at radius 3 is 2.15 bits per heavy atom. The van der Waals surface area contributed by atoms with E-state index >= 15 is 0 Å². The highest BCUT2D eigenvalue weighted by molar-refractivity contribution is 7.94. The summed E-state index contributed by atoms with van der Waals surface area (Å²) < 4.78 is 51.7. The molecular formula is C16H13N3O5S2. The van der Waals surface area contributed by atoms with Gasteiger partial charge in [0.15, 0.2) is 0 Å². The summed E-state index contributed by atoms with van der Waals surface area (Å²) in [5, 5.41) is 8.75. The molecule has 0 aliphatic carbocycles. The summed E-state index contributed by atoms with van der Waals surface area (Å²) in [5.41, 5.74) is 0.781. The molecule has 1 amide bonds. The second-order valence-corrected chi connectivity index (χ2v) is 9.13. The van der Waals surface area contributed by atoms with Crippen LogP contribution in [0.2, 0.25) is 0 Å². The van der Waals surface area contributed by atoms with Crippen LogP contribution in [0.5, 0.6) is 0 Å². The normalized spacial score (nSPS) is 16.3. The molecule has 1 N–H and O–H groups in total. The molecule has 2 aromatic rings. The molecule has 1 saturated heterocycles. The van der Waals surface area contributed by atoms with Crippen molar-refractivity contribution in [3.8, 4) is 6.07 Å². The van der Waals surface area contributed by atoms with Crippen LogP contribution in [-0.2, 0) is 24.8 Å². The van der Waals surface area contributed by atoms with E-state index in [2.05, 4.69) is 4.72 Å². The molecule has 26 heavy (non-hydrogen) atoms.